The molecule has 9 nitrogen and oxygen atoms in total. The summed E-state index contributed by atoms with van der Waals surface area (Å²) in [5.41, 5.74) is 8.99. The fraction of sp³-hybridized carbons (Fsp3) is 0.270. The molecule has 0 fully saturated rings. The van der Waals surface area contributed by atoms with Gasteiger partial charge >= 0.3 is 5.97 Å². The third kappa shape index (κ3) is 5.93. The molecule has 0 saturated carbocycles. The average molecular weight is 687 g/mol. The van der Waals surface area contributed by atoms with Crippen LogP contribution in [-0.2, 0) is 25.3 Å². The van der Waals surface area contributed by atoms with Gasteiger partial charge in [0.1, 0.15) is 11.4 Å². The molecule has 0 unspecified atom stereocenters. The second-order valence-electron chi connectivity index (χ2n) is 12.1. The van der Waals surface area contributed by atoms with E-state index in [1.165, 1.54) is 7.11 Å². The molecule has 2 N–H and O–H groups in total. The molecule has 1 amide bonds. The van der Waals surface area contributed by atoms with E-state index in [0.717, 1.165) is 71.8 Å². The van der Waals surface area contributed by atoms with E-state index in [1.54, 1.807) is 12.1 Å². The van der Waals surface area contributed by atoms with Crippen LogP contribution in [0.5, 0.6) is 5.75 Å². The van der Waals surface area contributed by atoms with Crippen molar-refractivity contribution in [2.75, 3.05) is 19.0 Å². The number of anilines is 1. The van der Waals surface area contributed by atoms with E-state index in [9.17, 15) is 9.59 Å². The van der Waals surface area contributed by atoms with Crippen molar-refractivity contribution < 1.29 is 19.1 Å². The molecule has 3 aromatic heterocycles. The third-order valence-electron chi connectivity index (χ3n) is 8.91. The number of aryl methyl sites for hydroxylation is 6. The van der Waals surface area contributed by atoms with Crippen molar-refractivity contribution in [1.29, 1.82) is 0 Å². The molecular weight excluding hydrogens is 649 g/mol. The molecule has 0 aliphatic heterocycles. The summed E-state index contributed by atoms with van der Waals surface area (Å²) >= 11 is 13.2. The fourth-order valence-corrected chi connectivity index (χ4v) is 6.88. The second kappa shape index (κ2) is 13.1. The van der Waals surface area contributed by atoms with Gasteiger partial charge in [-0.05, 0) is 93.6 Å². The maximum Gasteiger partial charge on any atom is 0.337 e. The SMILES string of the molecule is COC(=O)c1cc(NC(=O)c2[nH]c3c(-c4c(C)nn(C)c4C)c(Cl)ccc3c2CCCOc2cc(C)c(Cl)c(C)c2)c2c(ccn2C)c1. The lowest BCUT2D eigenvalue weighted by Gasteiger charge is -2.12. The van der Waals surface area contributed by atoms with E-state index in [2.05, 4.69) is 15.4 Å². The molecule has 0 aliphatic rings. The number of aromatic nitrogens is 4. The second-order valence-corrected chi connectivity index (χ2v) is 12.9. The van der Waals surface area contributed by atoms with Crippen molar-refractivity contribution in [3.63, 3.8) is 0 Å². The van der Waals surface area contributed by atoms with Gasteiger partial charge in [0.2, 0.25) is 0 Å². The van der Waals surface area contributed by atoms with Gasteiger partial charge in [-0.1, -0.05) is 29.3 Å². The molecule has 248 valence electrons. The number of esters is 1. The first-order chi connectivity index (χ1) is 22.9. The lowest BCUT2D eigenvalue weighted by atomic mass is 9.98. The number of ether oxygens (including phenoxy) is 2. The van der Waals surface area contributed by atoms with Crippen LogP contribution in [0.1, 0.15) is 55.3 Å². The maximum absolute atomic E-state index is 14.3. The number of hydrogen-bond acceptors (Lipinski definition) is 5. The minimum Gasteiger partial charge on any atom is -0.494 e. The van der Waals surface area contributed by atoms with Gasteiger partial charge in [-0.15, -0.1) is 0 Å². The average Bonchev–Trinajstić information content (AvgIpc) is 3.70. The van der Waals surface area contributed by atoms with E-state index in [-0.39, 0.29) is 5.91 Å². The van der Waals surface area contributed by atoms with Gasteiger partial charge in [0, 0.05) is 52.9 Å². The summed E-state index contributed by atoms with van der Waals surface area (Å²) in [6.07, 6.45) is 3.06. The van der Waals surface area contributed by atoms with Gasteiger partial charge in [0.25, 0.3) is 5.91 Å². The van der Waals surface area contributed by atoms with E-state index in [0.29, 0.717) is 41.4 Å². The van der Waals surface area contributed by atoms with Crippen LogP contribution in [0.2, 0.25) is 10.0 Å². The van der Waals surface area contributed by atoms with Gasteiger partial charge in [0.15, 0.2) is 0 Å². The Hall–Kier alpha value is -4.73. The monoisotopic (exact) mass is 685 g/mol. The molecule has 0 saturated heterocycles. The Balaban J connectivity index is 1.42. The number of rotatable bonds is 9. The summed E-state index contributed by atoms with van der Waals surface area (Å²) in [6, 6.07) is 13.0. The molecule has 0 radical (unpaired) electrons. The van der Waals surface area contributed by atoms with E-state index in [1.807, 2.05) is 87.6 Å². The van der Waals surface area contributed by atoms with Gasteiger partial charge in [0.05, 0.1) is 46.7 Å². The number of halogens is 2. The first kappa shape index (κ1) is 33.2. The number of amides is 1. The van der Waals surface area contributed by atoms with E-state index < -0.39 is 5.97 Å². The molecule has 48 heavy (non-hydrogen) atoms. The van der Waals surface area contributed by atoms with Crippen LogP contribution < -0.4 is 10.1 Å². The largest absolute Gasteiger partial charge is 0.494 e. The van der Waals surface area contributed by atoms with Crippen LogP contribution in [0.15, 0.2) is 48.7 Å². The molecule has 6 rings (SSSR count). The Bertz CT molecular complexity index is 2220. The smallest absolute Gasteiger partial charge is 0.337 e. The normalized spacial score (nSPS) is 11.4. The quantitative estimate of drug-likeness (QED) is 0.117. The van der Waals surface area contributed by atoms with Crippen LogP contribution in [-0.4, -0.2) is 44.9 Å². The zero-order chi connectivity index (χ0) is 34.4. The highest BCUT2D eigenvalue weighted by atomic mass is 35.5. The minimum atomic E-state index is -0.491. The first-order valence-electron chi connectivity index (χ1n) is 15.6. The Morgan fingerprint density at radius 2 is 1.71 bits per heavy atom. The Morgan fingerprint density at radius 3 is 2.38 bits per heavy atom. The third-order valence-corrected chi connectivity index (χ3v) is 9.82. The van der Waals surface area contributed by atoms with Gasteiger partial charge in [-0.2, -0.15) is 5.10 Å². The number of aromatic amines is 1. The number of fused-ring (bicyclic) bond motifs is 2. The predicted octanol–water partition coefficient (Wildman–Crippen LogP) is 8.65. The van der Waals surface area contributed by atoms with Crippen LogP contribution in [0.3, 0.4) is 0 Å². The topological polar surface area (TPSA) is 103 Å². The molecule has 0 aliphatic carbocycles. The molecule has 6 aromatic rings. The standard InChI is InChI=1S/C37H37Cl2N5O4/c1-19-15-25(16-20(2)32(19)39)48-14-8-9-26-27-10-11-28(38)31(30-21(3)42-44(6)22(30)4)33(27)41-34(26)36(45)40-29-18-24(37(46)47-7)17-23-12-13-43(5)35(23)29/h10-13,15-18,41H,8-9,14H2,1-7H3,(H,40,45). The number of H-pyrrole nitrogens is 1. The number of methoxy groups -OCH3 is 1. The number of hydrogen-bond donors (Lipinski definition) is 2. The molecule has 11 heteroatoms. The minimum absolute atomic E-state index is 0.338. The van der Waals surface area contributed by atoms with Gasteiger partial charge in [-0.3, -0.25) is 9.48 Å². The number of nitrogens with one attached hydrogen (secondary N) is 2. The maximum atomic E-state index is 14.3. The number of carbonyl (C=O) groups is 2. The predicted molar refractivity (Wildman–Crippen MR) is 192 cm³/mol. The van der Waals surface area contributed by atoms with Crippen LogP contribution in [0.4, 0.5) is 5.69 Å². The lowest BCUT2D eigenvalue weighted by Crippen LogP contribution is -2.16. The van der Waals surface area contributed by atoms with Gasteiger partial charge < -0.3 is 24.3 Å². The summed E-state index contributed by atoms with van der Waals surface area (Å²) in [4.78, 5) is 30.3. The molecule has 3 heterocycles. The zero-order valence-electron chi connectivity index (χ0n) is 28.0. The summed E-state index contributed by atoms with van der Waals surface area (Å²) in [5, 5.41) is 10.7. The molecule has 0 spiro atoms. The highest BCUT2D eigenvalue weighted by Gasteiger charge is 2.25. The zero-order valence-corrected chi connectivity index (χ0v) is 29.5. The highest BCUT2D eigenvalue weighted by molar-refractivity contribution is 6.35. The van der Waals surface area contributed by atoms with Crippen LogP contribution in [0, 0.1) is 27.7 Å². The Morgan fingerprint density at radius 1 is 0.979 bits per heavy atom. The lowest BCUT2D eigenvalue weighted by molar-refractivity contribution is 0.0600. The van der Waals surface area contributed by atoms with Crippen molar-refractivity contribution in [3.8, 4) is 16.9 Å². The first-order valence-corrected chi connectivity index (χ1v) is 16.4. The van der Waals surface area contributed by atoms with Crippen molar-refractivity contribution in [2.24, 2.45) is 14.1 Å². The molecule has 3 aromatic carbocycles. The Labute approximate surface area is 288 Å². The number of benzene rings is 3. The fourth-order valence-electron chi connectivity index (χ4n) is 6.52. The molecular formula is C37H37Cl2N5O4. The number of carbonyl (C=O) groups excluding carboxylic acids is 2. The number of nitrogens with zero attached hydrogens (tertiary/aromatic N) is 3. The van der Waals surface area contributed by atoms with Gasteiger partial charge in [-0.25, -0.2) is 4.79 Å². The Kier molecular flexibility index (Phi) is 9.02. The van der Waals surface area contributed by atoms with Crippen molar-refractivity contribution >= 4 is 62.6 Å². The van der Waals surface area contributed by atoms with Crippen LogP contribution in [0.25, 0.3) is 32.9 Å². The van der Waals surface area contributed by atoms with Crippen molar-refractivity contribution in [3.05, 3.63) is 98.0 Å². The highest BCUT2D eigenvalue weighted by Crippen LogP contribution is 2.40. The van der Waals surface area contributed by atoms with Crippen LogP contribution >= 0.6 is 23.2 Å². The van der Waals surface area contributed by atoms with E-state index in [4.69, 9.17) is 32.7 Å². The van der Waals surface area contributed by atoms with E-state index >= 15 is 0 Å². The summed E-state index contributed by atoms with van der Waals surface area (Å²) < 4.78 is 14.8. The summed E-state index contributed by atoms with van der Waals surface area (Å²) in [5.74, 6) is -0.0904. The summed E-state index contributed by atoms with van der Waals surface area (Å²) in [7, 11) is 5.12. The summed E-state index contributed by atoms with van der Waals surface area (Å²) in [6.45, 7) is 8.29. The van der Waals surface area contributed by atoms with Crippen molar-refractivity contribution in [1.82, 2.24) is 19.3 Å². The van der Waals surface area contributed by atoms with Crippen molar-refractivity contribution in [2.45, 2.75) is 40.5 Å². The molecule has 0 atom stereocenters. The molecule has 0 bridgehead atoms.